The van der Waals surface area contributed by atoms with Crippen LogP contribution in [0.5, 0.6) is 23.0 Å². The zero-order chi connectivity index (χ0) is 19.7. The molecule has 0 aliphatic carbocycles. The van der Waals surface area contributed by atoms with E-state index < -0.39 is 0 Å². The molecule has 1 aromatic heterocycles. The number of aromatic nitrogens is 1. The fourth-order valence-electron chi connectivity index (χ4n) is 4.24. The second-order valence-corrected chi connectivity index (χ2v) is 7.00. The minimum atomic E-state index is 0. The van der Waals surface area contributed by atoms with E-state index >= 15 is 0 Å². The fraction of sp³-hybridized carbons (Fsp3) is 0.348. The van der Waals surface area contributed by atoms with Gasteiger partial charge >= 0.3 is 0 Å². The quantitative estimate of drug-likeness (QED) is 0.585. The zero-order valence-corrected chi connectivity index (χ0v) is 18.0. The van der Waals surface area contributed by atoms with Gasteiger partial charge in [-0.1, -0.05) is 6.07 Å². The first-order valence-corrected chi connectivity index (χ1v) is 9.50. The molecule has 29 heavy (non-hydrogen) atoms. The fourth-order valence-corrected chi connectivity index (χ4v) is 4.24. The van der Waals surface area contributed by atoms with Crippen molar-refractivity contribution in [3.8, 4) is 23.0 Å². The normalized spacial score (nSPS) is 15.2. The maximum atomic E-state index is 5.57. The number of pyridine rings is 1. The van der Waals surface area contributed by atoms with Crippen molar-refractivity contribution >= 4 is 10.8 Å². The van der Waals surface area contributed by atoms with E-state index in [1.807, 2.05) is 6.07 Å². The minimum absolute atomic E-state index is 0. The van der Waals surface area contributed by atoms with E-state index in [1.165, 1.54) is 16.6 Å². The summed E-state index contributed by atoms with van der Waals surface area (Å²) in [6.07, 6.45) is 4.40. The number of halogens is 1. The number of aryl methyl sites for hydroxylation is 1. The predicted molar refractivity (Wildman–Crippen MR) is 108 cm³/mol. The summed E-state index contributed by atoms with van der Waals surface area (Å²) in [5, 5.41) is 2.34. The van der Waals surface area contributed by atoms with Crippen molar-refractivity contribution in [2.75, 3.05) is 28.4 Å². The largest absolute Gasteiger partial charge is 1.00 e. The van der Waals surface area contributed by atoms with Crippen LogP contribution in [0.15, 0.2) is 42.6 Å². The molecule has 4 rings (SSSR count). The molecule has 1 aliphatic heterocycles. The molecule has 0 fully saturated rings. The number of rotatable bonds is 5. The lowest BCUT2D eigenvalue weighted by Gasteiger charge is -2.23. The van der Waals surface area contributed by atoms with Crippen LogP contribution in [0.25, 0.3) is 10.8 Å². The van der Waals surface area contributed by atoms with Crippen LogP contribution >= 0.6 is 0 Å². The van der Waals surface area contributed by atoms with Crippen molar-refractivity contribution in [3.63, 3.8) is 0 Å². The van der Waals surface area contributed by atoms with E-state index in [4.69, 9.17) is 18.9 Å². The average Bonchev–Trinajstić information content (AvgIpc) is 2.76. The summed E-state index contributed by atoms with van der Waals surface area (Å²) in [5.74, 6) is 3.28. The molecule has 3 aromatic rings. The Kier molecular flexibility index (Phi) is 6.38. The lowest BCUT2D eigenvalue weighted by atomic mass is 9.85. The molecule has 5 nitrogen and oxygen atoms in total. The first kappa shape index (κ1) is 21.1. The second-order valence-electron chi connectivity index (χ2n) is 7.00. The summed E-state index contributed by atoms with van der Waals surface area (Å²) in [4.78, 5) is 0. The smallest absolute Gasteiger partial charge is 0.196 e. The van der Waals surface area contributed by atoms with E-state index in [0.29, 0.717) is 0 Å². The van der Waals surface area contributed by atoms with Crippen LogP contribution in [0.2, 0.25) is 0 Å². The Morgan fingerprint density at radius 3 is 2.14 bits per heavy atom. The van der Waals surface area contributed by atoms with Crippen molar-refractivity contribution in [3.05, 3.63) is 53.9 Å². The number of hydrogen-bond donors (Lipinski definition) is 0. The van der Waals surface area contributed by atoms with Gasteiger partial charge in [0.15, 0.2) is 34.9 Å². The Bertz CT molecular complexity index is 1020. The van der Waals surface area contributed by atoms with Gasteiger partial charge in [-0.2, -0.15) is 0 Å². The standard InChI is InChI=1S/C23H26NO4.ClH/c1-25-19-8-7-15(12-20(19)26-2)17-6-5-10-24-11-9-16-13-21(27-3)22(28-4)14-18(16)23(17)24;/h7-9,11-14,17H,5-6,10H2,1-4H3;1H/q+1;/p-1. The molecule has 0 amide bonds. The van der Waals surface area contributed by atoms with E-state index in [1.54, 1.807) is 28.4 Å². The first-order chi connectivity index (χ1) is 13.7. The zero-order valence-electron chi connectivity index (χ0n) is 17.2. The van der Waals surface area contributed by atoms with E-state index in [0.717, 1.165) is 47.8 Å². The summed E-state index contributed by atoms with van der Waals surface area (Å²) in [7, 11) is 6.69. The molecule has 1 unspecified atom stereocenters. The molecule has 0 bridgehead atoms. The van der Waals surface area contributed by atoms with E-state index in [-0.39, 0.29) is 18.3 Å². The highest BCUT2D eigenvalue weighted by Gasteiger charge is 2.32. The molecule has 0 saturated carbocycles. The van der Waals surface area contributed by atoms with Gasteiger partial charge in [0.25, 0.3) is 0 Å². The maximum absolute atomic E-state index is 5.57. The highest BCUT2D eigenvalue weighted by Crippen LogP contribution is 2.40. The van der Waals surface area contributed by atoms with Gasteiger partial charge in [0.1, 0.15) is 6.54 Å². The Morgan fingerprint density at radius 1 is 0.793 bits per heavy atom. The molecule has 6 heteroatoms. The van der Waals surface area contributed by atoms with Gasteiger partial charge in [-0.05, 0) is 41.6 Å². The van der Waals surface area contributed by atoms with Gasteiger partial charge in [-0.15, -0.1) is 0 Å². The Labute approximate surface area is 177 Å². The molecular weight excluding hydrogens is 390 g/mol. The molecule has 2 aromatic carbocycles. The summed E-state index contributed by atoms with van der Waals surface area (Å²) in [5.41, 5.74) is 2.53. The van der Waals surface area contributed by atoms with Crippen LogP contribution in [0.3, 0.4) is 0 Å². The first-order valence-electron chi connectivity index (χ1n) is 9.50. The molecule has 0 N–H and O–H groups in total. The molecule has 154 valence electrons. The highest BCUT2D eigenvalue weighted by molar-refractivity contribution is 5.87. The topological polar surface area (TPSA) is 40.8 Å². The number of methoxy groups -OCH3 is 4. The Hall–Kier alpha value is -2.66. The number of fused-ring (bicyclic) bond motifs is 3. The van der Waals surface area contributed by atoms with Gasteiger partial charge in [0.05, 0.1) is 39.7 Å². The second kappa shape index (κ2) is 8.78. The van der Waals surface area contributed by atoms with Gasteiger partial charge in [0, 0.05) is 12.5 Å². The van der Waals surface area contributed by atoms with Crippen LogP contribution in [0.1, 0.15) is 30.0 Å². The van der Waals surface area contributed by atoms with Crippen molar-refractivity contribution in [2.24, 2.45) is 0 Å². The van der Waals surface area contributed by atoms with Crippen LogP contribution in [0, 0.1) is 0 Å². The number of ether oxygens (including phenoxy) is 4. The predicted octanol–water partition coefficient (Wildman–Crippen LogP) is 1.09. The molecule has 1 aliphatic rings. The third-order valence-electron chi connectivity index (χ3n) is 5.61. The van der Waals surface area contributed by atoms with E-state index in [9.17, 15) is 0 Å². The van der Waals surface area contributed by atoms with Crippen LogP contribution in [-0.4, -0.2) is 28.4 Å². The molecule has 0 radical (unpaired) electrons. The van der Waals surface area contributed by atoms with Gasteiger partial charge in [-0.3, -0.25) is 0 Å². The third kappa shape index (κ3) is 3.67. The molecule has 0 saturated heterocycles. The van der Waals surface area contributed by atoms with Crippen molar-refractivity contribution < 1.29 is 35.9 Å². The SMILES string of the molecule is COc1ccc(C2CCC[n+]3ccc4cc(OC)c(OC)cc4c32)cc1OC.[Cl-]. The summed E-state index contributed by atoms with van der Waals surface area (Å²) in [6.45, 7) is 1.02. The third-order valence-corrected chi connectivity index (χ3v) is 5.61. The van der Waals surface area contributed by atoms with Crippen LogP contribution < -0.4 is 35.9 Å². The number of hydrogen-bond acceptors (Lipinski definition) is 4. The maximum Gasteiger partial charge on any atom is 0.196 e. The van der Waals surface area contributed by atoms with Gasteiger partial charge in [0.2, 0.25) is 0 Å². The highest BCUT2D eigenvalue weighted by atomic mass is 35.5. The summed E-state index contributed by atoms with van der Waals surface area (Å²) >= 11 is 0. The summed E-state index contributed by atoms with van der Waals surface area (Å²) < 4.78 is 24.4. The van der Waals surface area contributed by atoms with Crippen molar-refractivity contribution in [2.45, 2.75) is 25.3 Å². The van der Waals surface area contributed by atoms with E-state index in [2.05, 4.69) is 41.1 Å². The van der Waals surface area contributed by atoms with Gasteiger partial charge < -0.3 is 31.4 Å². The van der Waals surface area contributed by atoms with Crippen LogP contribution in [-0.2, 0) is 6.54 Å². The number of nitrogens with zero attached hydrogens (tertiary/aromatic N) is 1. The lowest BCUT2D eigenvalue weighted by Crippen LogP contribution is -3.00. The lowest BCUT2D eigenvalue weighted by molar-refractivity contribution is -0.709. The van der Waals surface area contributed by atoms with Gasteiger partial charge in [-0.25, -0.2) is 4.57 Å². The molecular formula is C23H26ClNO4. The van der Waals surface area contributed by atoms with Crippen molar-refractivity contribution in [1.29, 1.82) is 0 Å². The monoisotopic (exact) mass is 415 g/mol. The molecule has 0 spiro atoms. The molecule has 1 atom stereocenters. The van der Waals surface area contributed by atoms with Crippen molar-refractivity contribution in [1.82, 2.24) is 0 Å². The summed E-state index contributed by atoms with van der Waals surface area (Å²) in [6, 6.07) is 12.5. The number of benzene rings is 2. The minimum Gasteiger partial charge on any atom is -1.00 e. The average molecular weight is 416 g/mol. The Balaban J connectivity index is 0.00000240. The molecule has 2 heterocycles. The Morgan fingerprint density at radius 2 is 1.45 bits per heavy atom. The van der Waals surface area contributed by atoms with Crippen LogP contribution in [0.4, 0.5) is 0 Å².